The van der Waals surface area contributed by atoms with E-state index in [4.69, 9.17) is 0 Å². The molecule has 0 bridgehead atoms. The number of carbonyl (C=O) groups excluding carboxylic acids is 1. The Balaban J connectivity index is 2.21. The van der Waals surface area contributed by atoms with E-state index in [2.05, 4.69) is 20.2 Å². The quantitative estimate of drug-likeness (QED) is 0.717. The molecule has 25 heavy (non-hydrogen) atoms. The van der Waals surface area contributed by atoms with Crippen LogP contribution in [-0.2, 0) is 14.8 Å². The Kier molecular flexibility index (Phi) is 6.26. The Morgan fingerprint density at radius 2 is 1.92 bits per heavy atom. The molecule has 7 nitrogen and oxygen atoms in total. The molecule has 0 saturated heterocycles. The minimum absolute atomic E-state index is 0.166. The van der Waals surface area contributed by atoms with Crippen LogP contribution in [-0.4, -0.2) is 24.5 Å². The third kappa shape index (κ3) is 4.83. The lowest BCUT2D eigenvalue weighted by atomic mass is 10.0. The van der Waals surface area contributed by atoms with Crippen LogP contribution < -0.4 is 10.0 Å². The molecule has 9 heteroatoms. The van der Waals surface area contributed by atoms with Gasteiger partial charge in [-0.1, -0.05) is 43.4 Å². The smallest absolute Gasteiger partial charge is 0.270 e. The maximum absolute atomic E-state index is 12.6. The highest BCUT2D eigenvalue weighted by molar-refractivity contribution is 7.91. The largest absolute Gasteiger partial charge is 0.301 e. The van der Waals surface area contributed by atoms with Crippen LogP contribution >= 0.6 is 11.3 Å². The van der Waals surface area contributed by atoms with Gasteiger partial charge in [-0.05, 0) is 37.0 Å². The van der Waals surface area contributed by atoms with E-state index in [9.17, 15) is 13.2 Å². The number of amides is 1. The van der Waals surface area contributed by atoms with Crippen LogP contribution in [0.3, 0.4) is 0 Å². The summed E-state index contributed by atoms with van der Waals surface area (Å²) >= 11 is 0.832. The Hall–Kier alpha value is -1.84. The van der Waals surface area contributed by atoms with E-state index in [0.717, 1.165) is 28.0 Å². The van der Waals surface area contributed by atoms with Crippen LogP contribution in [0, 0.1) is 13.8 Å². The zero-order valence-corrected chi connectivity index (χ0v) is 16.3. The molecule has 0 aliphatic heterocycles. The van der Waals surface area contributed by atoms with E-state index in [0.29, 0.717) is 6.42 Å². The lowest BCUT2D eigenvalue weighted by molar-refractivity contribution is -0.115. The first kappa shape index (κ1) is 19.5. The molecule has 0 unspecified atom stereocenters. The van der Waals surface area contributed by atoms with Crippen LogP contribution in [0.25, 0.3) is 0 Å². The molecule has 0 radical (unpaired) electrons. The molecule has 2 N–H and O–H groups in total. The maximum atomic E-state index is 12.6. The highest BCUT2D eigenvalue weighted by Crippen LogP contribution is 2.25. The molecular weight excluding hydrogens is 360 g/mol. The Morgan fingerprint density at radius 1 is 1.20 bits per heavy atom. The monoisotopic (exact) mass is 382 g/mol. The lowest BCUT2D eigenvalue weighted by Gasteiger charge is -2.17. The van der Waals surface area contributed by atoms with E-state index >= 15 is 0 Å². The van der Waals surface area contributed by atoms with Gasteiger partial charge in [-0.2, -0.15) is 0 Å². The van der Waals surface area contributed by atoms with Gasteiger partial charge in [0.2, 0.25) is 15.4 Å². The second-order valence-corrected chi connectivity index (χ2v) is 8.57. The minimum atomic E-state index is -3.82. The van der Waals surface area contributed by atoms with E-state index in [1.54, 1.807) is 6.92 Å². The van der Waals surface area contributed by atoms with Crippen molar-refractivity contribution < 1.29 is 13.2 Å². The highest BCUT2D eigenvalue weighted by atomic mass is 32.2. The Labute approximate surface area is 151 Å². The van der Waals surface area contributed by atoms with Crippen molar-refractivity contribution in [1.29, 1.82) is 0 Å². The van der Waals surface area contributed by atoms with Crippen molar-refractivity contribution in [3.05, 3.63) is 34.9 Å². The number of rotatable bonds is 7. The molecule has 2 rings (SSSR count). The summed E-state index contributed by atoms with van der Waals surface area (Å²) in [6, 6.07) is 5.53. The first-order valence-electron chi connectivity index (χ1n) is 7.99. The van der Waals surface area contributed by atoms with Crippen molar-refractivity contribution in [3.8, 4) is 0 Å². The van der Waals surface area contributed by atoms with E-state index in [-0.39, 0.29) is 27.8 Å². The molecular formula is C16H22N4O3S2. The number of hydrogen-bond acceptors (Lipinski definition) is 6. The van der Waals surface area contributed by atoms with E-state index in [1.807, 2.05) is 39.0 Å². The van der Waals surface area contributed by atoms with Crippen LogP contribution in [0.2, 0.25) is 0 Å². The van der Waals surface area contributed by atoms with Gasteiger partial charge in [0.15, 0.2) is 0 Å². The number of nitrogens with one attached hydrogen (secondary N) is 2. The number of benzene rings is 1. The van der Waals surface area contributed by atoms with Crippen molar-refractivity contribution >= 4 is 32.4 Å². The standard InChI is InChI=1S/C16H22N4O3S2/c1-5-13(12-8-7-10(3)11(4)9-12)20-25(22,23)16-19-18-15(24-16)17-14(21)6-2/h7-9,13,20H,5-6H2,1-4H3,(H,17,18,21)/t13-/m1/s1. The van der Waals surface area contributed by atoms with Gasteiger partial charge in [-0.3, -0.25) is 4.79 Å². The van der Waals surface area contributed by atoms with Crippen LogP contribution in [0.1, 0.15) is 49.4 Å². The van der Waals surface area contributed by atoms with Gasteiger partial charge in [0.05, 0.1) is 0 Å². The number of aryl methyl sites for hydroxylation is 2. The number of carbonyl (C=O) groups is 1. The highest BCUT2D eigenvalue weighted by Gasteiger charge is 2.25. The molecule has 1 heterocycles. The van der Waals surface area contributed by atoms with Gasteiger partial charge in [0.25, 0.3) is 10.0 Å². The first-order valence-corrected chi connectivity index (χ1v) is 10.3. The summed E-state index contributed by atoms with van der Waals surface area (Å²) in [5.41, 5.74) is 3.16. The predicted molar refractivity (Wildman–Crippen MR) is 98.1 cm³/mol. The summed E-state index contributed by atoms with van der Waals surface area (Å²) in [4.78, 5) is 11.4. The molecule has 0 fully saturated rings. The van der Waals surface area contributed by atoms with Crippen molar-refractivity contribution in [2.24, 2.45) is 0 Å². The van der Waals surface area contributed by atoms with Crippen LogP contribution in [0.4, 0.5) is 5.13 Å². The van der Waals surface area contributed by atoms with Gasteiger partial charge < -0.3 is 5.32 Å². The Morgan fingerprint density at radius 3 is 2.52 bits per heavy atom. The molecule has 0 saturated carbocycles. The second kappa shape index (κ2) is 8.03. The molecule has 2 aromatic rings. The molecule has 1 aromatic carbocycles. The summed E-state index contributed by atoms with van der Waals surface area (Å²) < 4.78 is 27.7. The summed E-state index contributed by atoms with van der Waals surface area (Å²) in [6.45, 7) is 7.62. The third-order valence-electron chi connectivity index (χ3n) is 3.84. The number of sulfonamides is 1. The molecule has 1 amide bonds. The number of anilines is 1. The fourth-order valence-corrected chi connectivity index (χ4v) is 4.42. The molecule has 136 valence electrons. The summed E-state index contributed by atoms with van der Waals surface area (Å²) in [6.07, 6.45) is 0.880. The number of nitrogens with zero attached hydrogens (tertiary/aromatic N) is 2. The SMILES string of the molecule is CCC(=O)Nc1nnc(S(=O)(=O)N[C@H](CC)c2ccc(C)c(C)c2)s1. The number of hydrogen-bond donors (Lipinski definition) is 2. The van der Waals surface area contributed by atoms with Crippen molar-refractivity contribution in [2.75, 3.05) is 5.32 Å². The average molecular weight is 383 g/mol. The summed E-state index contributed by atoms with van der Waals surface area (Å²) in [5.74, 6) is -0.241. The Bertz CT molecular complexity index is 862. The zero-order valence-electron chi connectivity index (χ0n) is 14.7. The normalized spacial score (nSPS) is 12.8. The second-order valence-electron chi connectivity index (χ2n) is 5.70. The fourth-order valence-electron chi connectivity index (χ4n) is 2.18. The van der Waals surface area contributed by atoms with Gasteiger partial charge in [-0.25, -0.2) is 13.1 Å². The lowest BCUT2D eigenvalue weighted by Crippen LogP contribution is -2.28. The summed E-state index contributed by atoms with van der Waals surface area (Å²) in [7, 11) is -3.82. The maximum Gasteiger partial charge on any atom is 0.270 e. The minimum Gasteiger partial charge on any atom is -0.301 e. The molecule has 1 aromatic heterocycles. The fraction of sp³-hybridized carbons (Fsp3) is 0.438. The molecule has 0 aliphatic rings. The molecule has 0 aliphatic carbocycles. The van der Waals surface area contributed by atoms with Gasteiger partial charge in [0.1, 0.15) is 0 Å². The van der Waals surface area contributed by atoms with Gasteiger partial charge in [-0.15, -0.1) is 10.2 Å². The summed E-state index contributed by atoms with van der Waals surface area (Å²) in [5, 5.41) is 10.1. The molecule has 0 spiro atoms. The van der Waals surface area contributed by atoms with Crippen molar-refractivity contribution in [2.45, 2.75) is 50.9 Å². The van der Waals surface area contributed by atoms with Crippen molar-refractivity contribution in [1.82, 2.24) is 14.9 Å². The average Bonchev–Trinajstić information content (AvgIpc) is 3.04. The van der Waals surface area contributed by atoms with E-state index in [1.165, 1.54) is 0 Å². The van der Waals surface area contributed by atoms with Crippen LogP contribution in [0.15, 0.2) is 22.5 Å². The number of aromatic nitrogens is 2. The predicted octanol–water partition coefficient (Wildman–Crippen LogP) is 2.93. The third-order valence-corrected chi connectivity index (χ3v) is 6.52. The van der Waals surface area contributed by atoms with E-state index < -0.39 is 10.0 Å². The first-order chi connectivity index (χ1) is 11.8. The van der Waals surface area contributed by atoms with Gasteiger partial charge in [0, 0.05) is 12.5 Å². The zero-order chi connectivity index (χ0) is 18.6. The van der Waals surface area contributed by atoms with Gasteiger partial charge >= 0.3 is 0 Å². The topological polar surface area (TPSA) is 101 Å². The molecule has 1 atom stereocenters. The van der Waals surface area contributed by atoms with Crippen molar-refractivity contribution in [3.63, 3.8) is 0 Å². The van der Waals surface area contributed by atoms with Crippen LogP contribution in [0.5, 0.6) is 0 Å².